The molecule has 0 saturated carbocycles. The molecular formula is C12H19ClN2O2S. The highest BCUT2D eigenvalue weighted by Gasteiger charge is 2.20. The van der Waals surface area contributed by atoms with Crippen molar-refractivity contribution in [1.29, 1.82) is 0 Å². The number of hydrogen-bond donors (Lipinski definition) is 2. The number of halogens is 1. The lowest BCUT2D eigenvalue weighted by Gasteiger charge is -2.22. The lowest BCUT2D eigenvalue weighted by Crippen LogP contribution is -2.48. The number of carbonyl (C=O) groups is 1. The molecule has 4 nitrogen and oxygen atoms in total. The topological polar surface area (TPSA) is 50.4 Å². The molecule has 0 spiro atoms. The van der Waals surface area contributed by atoms with Crippen LogP contribution in [0.25, 0.3) is 0 Å². The van der Waals surface area contributed by atoms with Gasteiger partial charge in [0.15, 0.2) is 0 Å². The zero-order valence-corrected chi connectivity index (χ0v) is 12.0. The summed E-state index contributed by atoms with van der Waals surface area (Å²) in [5, 5.41) is 8.15. The number of hydrogen-bond acceptors (Lipinski definition) is 4. The minimum Gasteiger partial charge on any atom is -0.366 e. The van der Waals surface area contributed by atoms with E-state index in [4.69, 9.17) is 4.74 Å². The summed E-state index contributed by atoms with van der Waals surface area (Å²) in [4.78, 5) is 13.1. The van der Waals surface area contributed by atoms with Gasteiger partial charge in [0, 0.05) is 24.5 Å². The van der Waals surface area contributed by atoms with Crippen molar-refractivity contribution in [2.45, 2.75) is 19.4 Å². The fraction of sp³-hybridized carbons (Fsp3) is 0.583. The van der Waals surface area contributed by atoms with Crippen molar-refractivity contribution in [3.8, 4) is 0 Å². The molecule has 0 aromatic carbocycles. The second-order valence-corrected chi connectivity index (χ2v) is 5.13. The van der Waals surface area contributed by atoms with Crippen LogP contribution in [-0.4, -0.2) is 38.3 Å². The summed E-state index contributed by atoms with van der Waals surface area (Å²) in [6.07, 6.45) is 0.572. The summed E-state index contributed by atoms with van der Waals surface area (Å²) in [5.74, 6) is -0.00795. The van der Waals surface area contributed by atoms with E-state index in [1.807, 2.05) is 0 Å². The van der Waals surface area contributed by atoms with Crippen molar-refractivity contribution < 1.29 is 9.53 Å². The number of amides is 1. The number of aryl methyl sites for hydroxylation is 1. The van der Waals surface area contributed by atoms with E-state index >= 15 is 0 Å². The van der Waals surface area contributed by atoms with Gasteiger partial charge >= 0.3 is 0 Å². The Labute approximate surface area is 118 Å². The number of thiophene rings is 1. The van der Waals surface area contributed by atoms with E-state index in [-0.39, 0.29) is 24.4 Å². The van der Waals surface area contributed by atoms with E-state index < -0.39 is 0 Å². The predicted molar refractivity (Wildman–Crippen MR) is 75.6 cm³/mol. The lowest BCUT2D eigenvalue weighted by atomic mass is 10.2. The van der Waals surface area contributed by atoms with Crippen LogP contribution in [-0.2, 0) is 16.0 Å². The fourth-order valence-corrected chi connectivity index (χ4v) is 2.72. The Kier molecular flexibility index (Phi) is 6.63. The molecule has 1 fully saturated rings. The van der Waals surface area contributed by atoms with Crippen LogP contribution in [0.4, 0.5) is 0 Å². The highest BCUT2D eigenvalue weighted by Crippen LogP contribution is 2.15. The average molecular weight is 291 g/mol. The third-order valence-electron chi connectivity index (χ3n) is 2.84. The van der Waals surface area contributed by atoms with Gasteiger partial charge in [0.1, 0.15) is 6.10 Å². The number of ether oxygens (including phenoxy) is 1. The largest absolute Gasteiger partial charge is 0.366 e. The standard InChI is InChI=1S/C12H18N2O2S.ClH/c1-9-3-7-17-11(9)2-4-14-12(15)10-8-13-5-6-16-10;/h3,7,10,13H,2,4-6,8H2,1H3,(H,14,15);1H. The maximum Gasteiger partial charge on any atom is 0.250 e. The quantitative estimate of drug-likeness (QED) is 0.874. The first-order valence-electron chi connectivity index (χ1n) is 5.90. The fourth-order valence-electron chi connectivity index (χ4n) is 1.81. The minimum absolute atomic E-state index is 0. The van der Waals surface area contributed by atoms with Gasteiger partial charge in [-0.2, -0.15) is 0 Å². The Balaban J connectivity index is 0.00000162. The Bertz CT molecular complexity index is 378. The van der Waals surface area contributed by atoms with E-state index in [2.05, 4.69) is 29.0 Å². The third kappa shape index (κ3) is 4.24. The molecule has 102 valence electrons. The van der Waals surface area contributed by atoms with Crippen LogP contribution in [0.5, 0.6) is 0 Å². The van der Waals surface area contributed by atoms with Gasteiger partial charge in [-0.15, -0.1) is 23.7 Å². The first-order chi connectivity index (χ1) is 8.27. The molecule has 0 bridgehead atoms. The minimum atomic E-state index is -0.326. The molecule has 1 aliphatic heterocycles. The monoisotopic (exact) mass is 290 g/mol. The van der Waals surface area contributed by atoms with Crippen molar-refractivity contribution in [1.82, 2.24) is 10.6 Å². The first-order valence-corrected chi connectivity index (χ1v) is 6.78. The molecule has 0 radical (unpaired) electrons. The molecule has 1 aromatic heterocycles. The van der Waals surface area contributed by atoms with Gasteiger partial charge in [0.05, 0.1) is 6.61 Å². The van der Waals surface area contributed by atoms with Crippen LogP contribution in [0.15, 0.2) is 11.4 Å². The van der Waals surface area contributed by atoms with Gasteiger partial charge in [-0.3, -0.25) is 4.79 Å². The van der Waals surface area contributed by atoms with Crippen LogP contribution >= 0.6 is 23.7 Å². The molecule has 1 atom stereocenters. The molecular weight excluding hydrogens is 272 g/mol. The first kappa shape index (κ1) is 15.4. The summed E-state index contributed by atoms with van der Waals surface area (Å²) in [7, 11) is 0. The van der Waals surface area contributed by atoms with E-state index in [0.717, 1.165) is 13.0 Å². The average Bonchev–Trinajstić information content (AvgIpc) is 2.76. The number of rotatable bonds is 4. The molecule has 18 heavy (non-hydrogen) atoms. The summed E-state index contributed by atoms with van der Waals surface area (Å²) in [6, 6.07) is 2.11. The van der Waals surface area contributed by atoms with Gasteiger partial charge in [0.25, 0.3) is 0 Å². The van der Waals surface area contributed by atoms with Gasteiger partial charge in [-0.1, -0.05) is 0 Å². The Hall–Kier alpha value is -0.620. The van der Waals surface area contributed by atoms with Gasteiger partial charge in [0.2, 0.25) is 5.91 Å². The van der Waals surface area contributed by atoms with Crippen molar-refractivity contribution in [2.24, 2.45) is 0 Å². The smallest absolute Gasteiger partial charge is 0.250 e. The van der Waals surface area contributed by atoms with E-state index in [1.165, 1.54) is 10.4 Å². The van der Waals surface area contributed by atoms with Gasteiger partial charge in [-0.25, -0.2) is 0 Å². The van der Waals surface area contributed by atoms with Crippen molar-refractivity contribution in [2.75, 3.05) is 26.2 Å². The Morgan fingerprint density at radius 3 is 3.11 bits per heavy atom. The third-order valence-corrected chi connectivity index (χ3v) is 3.92. The number of carbonyl (C=O) groups excluding carboxylic acids is 1. The molecule has 6 heteroatoms. The van der Waals surface area contributed by atoms with Crippen molar-refractivity contribution in [3.63, 3.8) is 0 Å². The molecule has 2 rings (SSSR count). The van der Waals surface area contributed by atoms with Crippen LogP contribution in [0.2, 0.25) is 0 Å². The SMILES string of the molecule is Cc1ccsc1CCNC(=O)C1CNCCO1.Cl. The summed E-state index contributed by atoms with van der Waals surface area (Å²) in [6.45, 7) is 4.84. The normalized spacial score (nSPS) is 19.1. The highest BCUT2D eigenvalue weighted by molar-refractivity contribution is 7.10. The second-order valence-electron chi connectivity index (χ2n) is 4.13. The Morgan fingerprint density at radius 2 is 2.50 bits per heavy atom. The van der Waals surface area contributed by atoms with Crippen LogP contribution < -0.4 is 10.6 Å². The lowest BCUT2D eigenvalue weighted by molar-refractivity contribution is -0.134. The maximum absolute atomic E-state index is 11.7. The van der Waals surface area contributed by atoms with Crippen LogP contribution in [0.1, 0.15) is 10.4 Å². The van der Waals surface area contributed by atoms with Crippen molar-refractivity contribution >= 4 is 29.7 Å². The molecule has 2 N–H and O–H groups in total. The van der Waals surface area contributed by atoms with Crippen LogP contribution in [0, 0.1) is 6.92 Å². The summed E-state index contributed by atoms with van der Waals surface area (Å²) < 4.78 is 5.38. The van der Waals surface area contributed by atoms with Gasteiger partial charge < -0.3 is 15.4 Å². The summed E-state index contributed by atoms with van der Waals surface area (Å²) >= 11 is 1.74. The molecule has 0 aliphatic carbocycles. The Morgan fingerprint density at radius 1 is 1.67 bits per heavy atom. The van der Waals surface area contributed by atoms with Crippen LogP contribution in [0.3, 0.4) is 0 Å². The zero-order valence-electron chi connectivity index (χ0n) is 10.4. The number of morpholine rings is 1. The molecule has 1 aliphatic rings. The van der Waals surface area contributed by atoms with Crippen molar-refractivity contribution in [3.05, 3.63) is 21.9 Å². The van der Waals surface area contributed by atoms with E-state index in [9.17, 15) is 4.79 Å². The van der Waals surface area contributed by atoms with E-state index in [1.54, 1.807) is 11.3 Å². The molecule has 1 aromatic rings. The molecule has 2 heterocycles. The maximum atomic E-state index is 11.7. The van der Waals surface area contributed by atoms with E-state index in [0.29, 0.717) is 19.7 Å². The molecule has 1 amide bonds. The number of nitrogens with one attached hydrogen (secondary N) is 2. The summed E-state index contributed by atoms with van der Waals surface area (Å²) in [5.41, 5.74) is 1.31. The van der Waals surface area contributed by atoms with Gasteiger partial charge in [-0.05, 0) is 30.4 Å². The highest BCUT2D eigenvalue weighted by atomic mass is 35.5. The second kappa shape index (κ2) is 7.74. The predicted octanol–water partition coefficient (Wildman–Crippen LogP) is 1.13. The zero-order chi connectivity index (χ0) is 12.1. The molecule has 1 saturated heterocycles. The molecule has 1 unspecified atom stereocenters.